The van der Waals surface area contributed by atoms with Crippen LogP contribution < -0.4 is 10.6 Å². The van der Waals surface area contributed by atoms with E-state index in [1.165, 1.54) is 17.3 Å². The lowest BCUT2D eigenvalue weighted by atomic mass is 10.0. The van der Waals surface area contributed by atoms with Gasteiger partial charge in [0.25, 0.3) is 5.91 Å². The van der Waals surface area contributed by atoms with E-state index in [-0.39, 0.29) is 23.6 Å². The number of thioether (sulfide) groups is 1. The van der Waals surface area contributed by atoms with E-state index in [0.29, 0.717) is 33.9 Å². The van der Waals surface area contributed by atoms with Crippen molar-refractivity contribution in [1.82, 2.24) is 20.1 Å². The van der Waals surface area contributed by atoms with Gasteiger partial charge in [-0.3, -0.25) is 9.59 Å². The molecule has 0 bridgehead atoms. The number of benzene rings is 2. The molecule has 1 aromatic heterocycles. The van der Waals surface area contributed by atoms with Crippen molar-refractivity contribution < 1.29 is 9.59 Å². The number of amides is 2. The number of aromatic nitrogens is 3. The maximum absolute atomic E-state index is 12.9. The lowest BCUT2D eigenvalue weighted by Gasteiger charge is -2.20. The van der Waals surface area contributed by atoms with Crippen LogP contribution in [0.2, 0.25) is 5.02 Å². The van der Waals surface area contributed by atoms with Crippen molar-refractivity contribution in [3.05, 3.63) is 70.0 Å². The van der Waals surface area contributed by atoms with Gasteiger partial charge in [0.1, 0.15) is 0 Å². The van der Waals surface area contributed by atoms with E-state index in [1.54, 1.807) is 24.3 Å². The first kappa shape index (κ1) is 25.8. The molecule has 34 heavy (non-hydrogen) atoms. The summed E-state index contributed by atoms with van der Waals surface area (Å²) in [6.07, 6.45) is 0.681. The summed E-state index contributed by atoms with van der Waals surface area (Å²) in [5.41, 5.74) is 3.49. The fraction of sp³-hybridized carbons (Fsp3) is 0.360. The molecule has 2 aromatic carbocycles. The third-order valence-electron chi connectivity index (χ3n) is 5.43. The van der Waals surface area contributed by atoms with Crippen molar-refractivity contribution in [1.29, 1.82) is 0 Å². The number of nitrogens with one attached hydrogen (secondary N) is 2. The molecular weight excluding hydrogens is 470 g/mol. The molecule has 0 aliphatic rings. The van der Waals surface area contributed by atoms with Gasteiger partial charge in [-0.2, -0.15) is 0 Å². The van der Waals surface area contributed by atoms with Crippen molar-refractivity contribution in [3.63, 3.8) is 0 Å². The van der Waals surface area contributed by atoms with Crippen LogP contribution >= 0.6 is 23.4 Å². The van der Waals surface area contributed by atoms with E-state index in [1.807, 2.05) is 43.7 Å². The van der Waals surface area contributed by atoms with E-state index in [9.17, 15) is 9.59 Å². The predicted octanol–water partition coefficient (Wildman–Crippen LogP) is 5.33. The zero-order valence-electron chi connectivity index (χ0n) is 20.1. The molecule has 0 radical (unpaired) electrons. The van der Waals surface area contributed by atoms with Crippen molar-refractivity contribution in [2.45, 2.75) is 45.3 Å². The largest absolute Gasteiger partial charge is 0.342 e. The second kappa shape index (κ2) is 11.5. The molecule has 0 aliphatic carbocycles. The predicted molar refractivity (Wildman–Crippen MR) is 137 cm³/mol. The van der Waals surface area contributed by atoms with E-state index in [4.69, 9.17) is 11.6 Å². The van der Waals surface area contributed by atoms with Crippen LogP contribution in [-0.2, 0) is 11.8 Å². The fourth-order valence-electron chi connectivity index (χ4n) is 3.48. The molecule has 3 rings (SSSR count). The molecule has 3 aromatic rings. The molecule has 1 heterocycles. The lowest BCUT2D eigenvalue weighted by molar-refractivity contribution is -0.113. The Hall–Kier alpha value is -2.84. The van der Waals surface area contributed by atoms with Gasteiger partial charge in [0.05, 0.1) is 22.4 Å². The molecule has 9 heteroatoms. The second-order valence-corrected chi connectivity index (χ2v) is 10.0. The molecule has 0 fully saturated rings. The van der Waals surface area contributed by atoms with Crippen LogP contribution in [0.5, 0.6) is 0 Å². The molecule has 0 saturated heterocycles. The van der Waals surface area contributed by atoms with Crippen LogP contribution in [0.1, 0.15) is 53.6 Å². The number of hydrogen-bond acceptors (Lipinski definition) is 5. The highest BCUT2D eigenvalue weighted by molar-refractivity contribution is 7.99. The van der Waals surface area contributed by atoms with Crippen LogP contribution in [0, 0.1) is 19.8 Å². The van der Waals surface area contributed by atoms with Crippen molar-refractivity contribution in [2.24, 2.45) is 13.0 Å². The first-order valence-corrected chi connectivity index (χ1v) is 12.5. The Morgan fingerprint density at radius 3 is 2.50 bits per heavy atom. The maximum Gasteiger partial charge on any atom is 0.253 e. The Morgan fingerprint density at radius 1 is 1.09 bits per heavy atom. The third kappa shape index (κ3) is 6.61. The molecule has 180 valence electrons. The minimum Gasteiger partial charge on any atom is -0.342 e. The van der Waals surface area contributed by atoms with E-state index in [2.05, 4.69) is 34.7 Å². The summed E-state index contributed by atoms with van der Waals surface area (Å²) in [6, 6.07) is 12.4. The summed E-state index contributed by atoms with van der Waals surface area (Å²) < 4.78 is 1.83. The van der Waals surface area contributed by atoms with Gasteiger partial charge in [-0.1, -0.05) is 55.4 Å². The van der Waals surface area contributed by atoms with E-state index < -0.39 is 0 Å². The normalized spacial score (nSPS) is 12.0. The molecule has 2 amide bonds. The number of carbonyl (C=O) groups excluding carboxylic acids is 2. The minimum atomic E-state index is -0.347. The topological polar surface area (TPSA) is 88.9 Å². The quantitative estimate of drug-likeness (QED) is 0.388. The van der Waals surface area contributed by atoms with Crippen LogP contribution in [0.4, 0.5) is 5.69 Å². The van der Waals surface area contributed by atoms with Crippen molar-refractivity contribution in [3.8, 4) is 0 Å². The molecule has 0 unspecified atom stereocenters. The molecule has 0 spiro atoms. The third-order valence-corrected chi connectivity index (χ3v) is 6.78. The first-order chi connectivity index (χ1) is 16.2. The van der Waals surface area contributed by atoms with Crippen LogP contribution in [0.15, 0.2) is 47.6 Å². The lowest BCUT2D eigenvalue weighted by Crippen LogP contribution is -2.31. The number of halogens is 1. The Kier molecular flexibility index (Phi) is 8.74. The second-order valence-electron chi connectivity index (χ2n) is 8.67. The molecule has 0 aliphatic heterocycles. The molecule has 1 atom stereocenters. The molecule has 0 saturated carbocycles. The number of aryl methyl sites for hydroxylation is 2. The summed E-state index contributed by atoms with van der Waals surface area (Å²) >= 11 is 7.50. The Labute approximate surface area is 209 Å². The molecule has 7 nitrogen and oxygen atoms in total. The van der Waals surface area contributed by atoms with E-state index >= 15 is 0 Å². The maximum atomic E-state index is 12.9. The Balaban J connectivity index is 1.68. The van der Waals surface area contributed by atoms with Gasteiger partial charge in [0, 0.05) is 12.7 Å². The van der Waals surface area contributed by atoms with Crippen LogP contribution in [-0.4, -0.2) is 32.3 Å². The number of rotatable bonds is 9. The fourth-order valence-corrected chi connectivity index (χ4v) is 4.42. The summed E-state index contributed by atoms with van der Waals surface area (Å²) in [5, 5.41) is 15.6. The Bertz CT molecular complexity index is 1180. The minimum absolute atomic E-state index is 0.122. The van der Waals surface area contributed by atoms with Crippen molar-refractivity contribution in [2.75, 3.05) is 11.1 Å². The van der Waals surface area contributed by atoms with Gasteiger partial charge in [0.2, 0.25) is 5.91 Å². The smallest absolute Gasteiger partial charge is 0.253 e. The number of anilines is 1. The van der Waals surface area contributed by atoms with Crippen LogP contribution in [0.25, 0.3) is 0 Å². The SMILES string of the molecule is Cc1ccc(NC(=O)CSc2nnc([C@H](CC(C)C)NC(=O)c3ccccc3Cl)n2C)cc1C. The monoisotopic (exact) mass is 499 g/mol. The zero-order valence-corrected chi connectivity index (χ0v) is 21.6. The van der Waals surface area contributed by atoms with E-state index in [0.717, 1.165) is 11.3 Å². The highest BCUT2D eigenvalue weighted by atomic mass is 35.5. The highest BCUT2D eigenvalue weighted by Crippen LogP contribution is 2.25. The summed E-state index contributed by atoms with van der Waals surface area (Å²) in [7, 11) is 1.84. The first-order valence-electron chi connectivity index (χ1n) is 11.1. The van der Waals surface area contributed by atoms with Gasteiger partial charge in [-0.15, -0.1) is 10.2 Å². The summed E-state index contributed by atoms with van der Waals surface area (Å²) in [4.78, 5) is 25.3. The van der Waals surface area contributed by atoms with Gasteiger partial charge in [0.15, 0.2) is 11.0 Å². The van der Waals surface area contributed by atoms with Crippen LogP contribution in [0.3, 0.4) is 0 Å². The summed E-state index contributed by atoms with van der Waals surface area (Å²) in [5.74, 6) is 0.753. The standard InChI is InChI=1S/C25H30ClN5O2S/c1-15(2)12-21(28-24(33)19-8-6-7-9-20(19)26)23-29-30-25(31(23)5)34-14-22(32)27-18-11-10-16(3)17(4)13-18/h6-11,13,15,21H,12,14H2,1-5H3,(H,27,32)(H,28,33)/t21-/m0/s1. The number of carbonyl (C=O) groups is 2. The van der Waals surface area contributed by atoms with Gasteiger partial charge < -0.3 is 15.2 Å². The average Bonchev–Trinajstić information content (AvgIpc) is 3.14. The van der Waals surface area contributed by atoms with Gasteiger partial charge in [-0.05, 0) is 61.6 Å². The molecule has 2 N–H and O–H groups in total. The van der Waals surface area contributed by atoms with Gasteiger partial charge >= 0.3 is 0 Å². The number of nitrogens with zero attached hydrogens (tertiary/aromatic N) is 3. The average molecular weight is 500 g/mol. The molecular formula is C25H30ClN5O2S. The van der Waals surface area contributed by atoms with Crippen molar-refractivity contribution >= 4 is 40.9 Å². The summed E-state index contributed by atoms with van der Waals surface area (Å²) in [6.45, 7) is 8.21. The Morgan fingerprint density at radius 2 is 1.82 bits per heavy atom. The highest BCUT2D eigenvalue weighted by Gasteiger charge is 2.24. The zero-order chi connectivity index (χ0) is 24.8. The number of hydrogen-bond donors (Lipinski definition) is 2. The van der Waals surface area contributed by atoms with Gasteiger partial charge in [-0.25, -0.2) is 0 Å².